The fourth-order valence-corrected chi connectivity index (χ4v) is 7.20. The third-order valence-electron chi connectivity index (χ3n) is 7.03. The van der Waals surface area contributed by atoms with Gasteiger partial charge in [-0.1, -0.05) is 12.1 Å². The Kier molecular flexibility index (Phi) is 6.22. The number of thiophene rings is 2. The van der Waals surface area contributed by atoms with Gasteiger partial charge in [0.05, 0.1) is 11.1 Å². The molecule has 0 saturated heterocycles. The van der Waals surface area contributed by atoms with E-state index in [9.17, 15) is 25.8 Å². The molecule has 1 aliphatic carbocycles. The molecule has 3 aromatic carbocycles. The second-order valence-electron chi connectivity index (χ2n) is 9.66. The largest absolute Gasteiger partial charge is 0.378 e. The van der Waals surface area contributed by atoms with Crippen molar-refractivity contribution in [2.75, 3.05) is 19.0 Å². The summed E-state index contributed by atoms with van der Waals surface area (Å²) in [5.41, 5.74) is 3.17. The summed E-state index contributed by atoms with van der Waals surface area (Å²) in [5, 5.41) is 40.4. The summed E-state index contributed by atoms with van der Waals surface area (Å²) in [4.78, 5) is 17.5. The lowest BCUT2D eigenvalue weighted by molar-refractivity contribution is 0.104. The highest BCUT2D eigenvalue weighted by Gasteiger charge is 2.34. The molecule has 0 aliphatic heterocycles. The minimum atomic E-state index is -0.387. The molecule has 0 N–H and O–H groups in total. The van der Waals surface area contributed by atoms with E-state index in [4.69, 9.17) is 0 Å². The smallest absolute Gasteiger partial charge is 0.194 e. The molecule has 6 rings (SSSR count). The van der Waals surface area contributed by atoms with Crippen molar-refractivity contribution in [1.29, 1.82) is 21.0 Å². The number of nitrogens with zero attached hydrogens (tertiary/aromatic N) is 5. The Morgan fingerprint density at radius 1 is 0.780 bits per heavy atom. The van der Waals surface area contributed by atoms with Crippen molar-refractivity contribution in [2.24, 2.45) is 0 Å². The van der Waals surface area contributed by atoms with Gasteiger partial charge < -0.3 is 4.90 Å². The highest BCUT2D eigenvalue weighted by molar-refractivity contribution is 7.23. The van der Waals surface area contributed by atoms with E-state index in [1.807, 2.05) is 44.4 Å². The number of hydrogen-bond acceptors (Lipinski definition) is 8. The SMILES string of the molecule is CN(C)c1ccc(-c2cc3cc4cc(/C=C5\C(=O)c6cc(C#N)c(C#N)cc6C5=C(C#N)C#N)sc4cc3s2)cc1. The zero-order valence-electron chi connectivity index (χ0n) is 21.8. The fourth-order valence-electron chi connectivity index (χ4n) is 5.00. The van der Waals surface area contributed by atoms with E-state index in [1.54, 1.807) is 17.4 Å². The van der Waals surface area contributed by atoms with Crippen LogP contribution in [0.5, 0.6) is 0 Å². The van der Waals surface area contributed by atoms with Gasteiger partial charge in [0, 0.05) is 55.6 Å². The summed E-state index contributed by atoms with van der Waals surface area (Å²) in [5.74, 6) is -0.387. The lowest BCUT2D eigenvalue weighted by Crippen LogP contribution is -2.07. The van der Waals surface area contributed by atoms with Crippen LogP contribution in [0.2, 0.25) is 0 Å². The van der Waals surface area contributed by atoms with E-state index >= 15 is 0 Å². The normalized spacial score (nSPS) is 13.1. The Balaban J connectivity index is 1.44. The van der Waals surface area contributed by atoms with Gasteiger partial charge in [-0.25, -0.2) is 0 Å². The summed E-state index contributed by atoms with van der Waals surface area (Å²) in [6.07, 6.45) is 1.70. The van der Waals surface area contributed by atoms with Crippen LogP contribution >= 0.6 is 22.7 Å². The summed E-state index contributed by atoms with van der Waals surface area (Å²) in [6.45, 7) is 0. The van der Waals surface area contributed by atoms with Gasteiger partial charge in [0.2, 0.25) is 0 Å². The number of benzene rings is 3. The van der Waals surface area contributed by atoms with E-state index in [0.717, 1.165) is 36.3 Å². The molecular formula is C33H17N5OS2. The van der Waals surface area contributed by atoms with Crippen LogP contribution in [0.25, 0.3) is 42.3 Å². The van der Waals surface area contributed by atoms with Crippen molar-refractivity contribution in [2.45, 2.75) is 0 Å². The average molecular weight is 564 g/mol. The van der Waals surface area contributed by atoms with Crippen LogP contribution in [0, 0.1) is 45.3 Å². The number of nitriles is 4. The van der Waals surface area contributed by atoms with Crippen molar-refractivity contribution in [3.8, 4) is 34.7 Å². The number of anilines is 1. The van der Waals surface area contributed by atoms with E-state index < -0.39 is 0 Å². The first kappa shape index (κ1) is 25.8. The van der Waals surface area contributed by atoms with Gasteiger partial charge in [-0.15, -0.1) is 22.7 Å². The Hall–Kier alpha value is -5.51. The number of hydrogen-bond donors (Lipinski definition) is 0. The first-order valence-corrected chi connectivity index (χ1v) is 14.0. The van der Waals surface area contributed by atoms with Crippen molar-refractivity contribution in [3.63, 3.8) is 0 Å². The van der Waals surface area contributed by atoms with Crippen LogP contribution in [0.4, 0.5) is 5.69 Å². The third kappa shape index (κ3) is 4.26. The van der Waals surface area contributed by atoms with Crippen LogP contribution in [0.3, 0.4) is 0 Å². The van der Waals surface area contributed by atoms with Gasteiger partial charge in [-0.2, -0.15) is 21.0 Å². The number of carbonyl (C=O) groups excluding carboxylic acids is 1. The molecule has 0 bridgehead atoms. The highest BCUT2D eigenvalue weighted by Crippen LogP contribution is 2.43. The molecule has 0 atom stereocenters. The first-order chi connectivity index (χ1) is 19.8. The average Bonchev–Trinajstić information content (AvgIpc) is 3.65. The van der Waals surface area contributed by atoms with E-state index in [1.165, 1.54) is 28.3 Å². The molecule has 5 aromatic rings. The maximum atomic E-state index is 13.5. The Morgan fingerprint density at radius 2 is 1.41 bits per heavy atom. The predicted molar refractivity (Wildman–Crippen MR) is 163 cm³/mol. The molecule has 0 unspecified atom stereocenters. The number of Topliss-reactive ketones (excluding diaryl/α,β-unsaturated/α-hetero) is 1. The topological polar surface area (TPSA) is 115 Å². The molecule has 2 aromatic heterocycles. The van der Waals surface area contributed by atoms with Crippen molar-refractivity contribution in [3.05, 3.63) is 98.9 Å². The van der Waals surface area contributed by atoms with Crippen LogP contribution < -0.4 is 4.90 Å². The molecule has 0 amide bonds. The second kappa shape index (κ2) is 9.91. The van der Waals surface area contributed by atoms with Gasteiger partial charge in [-0.05, 0) is 76.5 Å². The van der Waals surface area contributed by atoms with Crippen LogP contribution in [0.1, 0.15) is 31.9 Å². The molecule has 0 saturated carbocycles. The van der Waals surface area contributed by atoms with Gasteiger partial charge in [0.25, 0.3) is 0 Å². The molecule has 6 nitrogen and oxygen atoms in total. The Morgan fingerprint density at radius 3 is 2.05 bits per heavy atom. The van der Waals surface area contributed by atoms with Gasteiger partial charge in [0.15, 0.2) is 5.78 Å². The zero-order valence-corrected chi connectivity index (χ0v) is 23.4. The van der Waals surface area contributed by atoms with Crippen LogP contribution in [0.15, 0.2) is 71.8 Å². The number of ketones is 1. The van der Waals surface area contributed by atoms with Crippen molar-refractivity contribution in [1.82, 2.24) is 0 Å². The van der Waals surface area contributed by atoms with Gasteiger partial charge in [0.1, 0.15) is 29.8 Å². The summed E-state index contributed by atoms with van der Waals surface area (Å²) in [7, 11) is 4.04. The summed E-state index contributed by atoms with van der Waals surface area (Å²) >= 11 is 3.24. The third-order valence-corrected chi connectivity index (χ3v) is 9.22. The number of fused-ring (bicyclic) bond motifs is 3. The molecule has 41 heavy (non-hydrogen) atoms. The minimum absolute atomic E-state index is 0.0746. The Bertz CT molecular complexity index is 2120. The summed E-state index contributed by atoms with van der Waals surface area (Å²) in [6, 6.07) is 27.4. The molecular weight excluding hydrogens is 547 g/mol. The fraction of sp³-hybridized carbons (Fsp3) is 0.0606. The molecule has 0 radical (unpaired) electrons. The highest BCUT2D eigenvalue weighted by atomic mass is 32.1. The molecule has 0 spiro atoms. The maximum Gasteiger partial charge on any atom is 0.194 e. The number of carbonyl (C=O) groups is 1. The molecule has 1 aliphatic rings. The van der Waals surface area contributed by atoms with Gasteiger partial charge in [-0.3, -0.25) is 4.79 Å². The maximum absolute atomic E-state index is 13.5. The summed E-state index contributed by atoms with van der Waals surface area (Å²) < 4.78 is 2.20. The van der Waals surface area contributed by atoms with E-state index in [-0.39, 0.29) is 39.2 Å². The standard InChI is InChI=1S/C33H17N5OS2/c1-38(2)24-5-3-18(4-6-24)29-11-20-7-19-8-25(40-30(19)13-31(20)41-29)12-28-32(23(16-36)17-37)26-9-21(14-34)22(15-35)10-27(26)33(28)39/h3-13H,1-2H3/b28-12-. The van der Waals surface area contributed by atoms with Crippen LogP contribution in [-0.2, 0) is 0 Å². The van der Waals surface area contributed by atoms with E-state index in [2.05, 4.69) is 47.4 Å². The number of allylic oxidation sites excluding steroid dienone is 3. The Labute approximate surface area is 243 Å². The van der Waals surface area contributed by atoms with E-state index in [0.29, 0.717) is 5.56 Å². The van der Waals surface area contributed by atoms with Crippen molar-refractivity contribution >= 4 is 66.0 Å². The molecule has 0 fully saturated rings. The predicted octanol–water partition coefficient (Wildman–Crippen LogP) is 7.67. The minimum Gasteiger partial charge on any atom is -0.378 e. The quantitative estimate of drug-likeness (QED) is 0.164. The molecule has 2 heterocycles. The second-order valence-corrected chi connectivity index (χ2v) is 11.9. The zero-order chi connectivity index (χ0) is 28.8. The lowest BCUT2D eigenvalue weighted by Gasteiger charge is -2.12. The molecule has 192 valence electrons. The van der Waals surface area contributed by atoms with Crippen molar-refractivity contribution < 1.29 is 4.79 Å². The first-order valence-electron chi connectivity index (χ1n) is 12.4. The monoisotopic (exact) mass is 563 g/mol. The molecule has 8 heteroatoms. The number of rotatable bonds is 3. The lowest BCUT2D eigenvalue weighted by atomic mass is 9.96. The van der Waals surface area contributed by atoms with Crippen LogP contribution in [-0.4, -0.2) is 19.9 Å². The van der Waals surface area contributed by atoms with Gasteiger partial charge >= 0.3 is 0 Å².